The van der Waals surface area contributed by atoms with E-state index in [-0.39, 0.29) is 11.3 Å². The van der Waals surface area contributed by atoms with Gasteiger partial charge in [0.15, 0.2) is 5.66 Å². The molecule has 0 radical (unpaired) electrons. The highest BCUT2D eigenvalue weighted by molar-refractivity contribution is 5.76. The molecular weight excluding hydrogens is 288 g/mol. The van der Waals surface area contributed by atoms with E-state index in [1.807, 2.05) is 11.0 Å². The molecule has 0 aromatic carbocycles. The van der Waals surface area contributed by atoms with Crippen LogP contribution in [0.15, 0.2) is 22.9 Å². The summed E-state index contributed by atoms with van der Waals surface area (Å²) in [5.74, 6) is 2.73. The molecule has 23 heavy (non-hydrogen) atoms. The second-order valence-corrected chi connectivity index (χ2v) is 6.49. The van der Waals surface area contributed by atoms with Crippen LogP contribution in [0.3, 0.4) is 0 Å². The molecule has 122 valence electrons. The number of rotatable bonds is 8. The van der Waals surface area contributed by atoms with E-state index in [9.17, 15) is 10.1 Å². The Morgan fingerprint density at radius 1 is 1.30 bits per heavy atom. The van der Waals surface area contributed by atoms with Crippen molar-refractivity contribution in [3.8, 4) is 18.4 Å². The SMILES string of the molecule is C#CCCC1(CCC(=O)N2CCC(C#N)(CCC=C)CC2)N=N1. The minimum Gasteiger partial charge on any atom is -0.343 e. The standard InChI is InChI=1S/C18H24N4O/c1-3-5-8-17(15-19)11-13-22(14-12-17)16(23)7-10-18(20-21-18)9-6-4-2/h2-3H,1,5-14H2. The summed E-state index contributed by atoms with van der Waals surface area (Å²) in [4.78, 5) is 14.2. The van der Waals surface area contributed by atoms with Crippen molar-refractivity contribution in [2.75, 3.05) is 13.1 Å². The average Bonchev–Trinajstić information content (AvgIpc) is 3.37. The first-order chi connectivity index (χ1) is 11.1. The highest BCUT2D eigenvalue weighted by Crippen LogP contribution is 2.39. The summed E-state index contributed by atoms with van der Waals surface area (Å²) < 4.78 is 0. The van der Waals surface area contributed by atoms with Crippen molar-refractivity contribution in [1.29, 1.82) is 5.26 Å². The van der Waals surface area contributed by atoms with Crippen LogP contribution in [-0.4, -0.2) is 29.6 Å². The van der Waals surface area contributed by atoms with Gasteiger partial charge in [-0.05, 0) is 25.7 Å². The predicted octanol–water partition coefficient (Wildman–Crippen LogP) is 3.44. The number of terminal acetylenes is 1. The molecular formula is C18H24N4O. The van der Waals surface area contributed by atoms with Crippen molar-refractivity contribution in [2.45, 2.75) is 57.0 Å². The molecule has 0 bridgehead atoms. The van der Waals surface area contributed by atoms with E-state index in [1.165, 1.54) is 0 Å². The summed E-state index contributed by atoms with van der Waals surface area (Å²) in [7, 11) is 0. The minimum absolute atomic E-state index is 0.137. The van der Waals surface area contributed by atoms with Crippen LogP contribution in [0.25, 0.3) is 0 Å². The number of carbonyl (C=O) groups excluding carboxylic acids is 1. The van der Waals surface area contributed by atoms with Crippen molar-refractivity contribution in [3.05, 3.63) is 12.7 Å². The molecule has 5 nitrogen and oxygen atoms in total. The third-order valence-corrected chi connectivity index (χ3v) is 4.93. The van der Waals surface area contributed by atoms with Gasteiger partial charge < -0.3 is 4.90 Å². The molecule has 0 N–H and O–H groups in total. The topological polar surface area (TPSA) is 68.8 Å². The van der Waals surface area contributed by atoms with Gasteiger partial charge >= 0.3 is 0 Å². The largest absolute Gasteiger partial charge is 0.343 e. The lowest BCUT2D eigenvalue weighted by Gasteiger charge is -2.37. The lowest BCUT2D eigenvalue weighted by atomic mass is 9.76. The number of nitrogens with zero attached hydrogens (tertiary/aromatic N) is 4. The fraction of sp³-hybridized carbons (Fsp3) is 0.667. The number of nitriles is 1. The summed E-state index contributed by atoms with van der Waals surface area (Å²) in [6, 6.07) is 2.47. The van der Waals surface area contributed by atoms with Crippen molar-refractivity contribution < 1.29 is 4.79 Å². The van der Waals surface area contributed by atoms with E-state index in [1.54, 1.807) is 0 Å². The monoisotopic (exact) mass is 312 g/mol. The van der Waals surface area contributed by atoms with Gasteiger partial charge in [-0.15, -0.1) is 18.9 Å². The first-order valence-corrected chi connectivity index (χ1v) is 8.26. The van der Waals surface area contributed by atoms with Crippen molar-refractivity contribution >= 4 is 5.91 Å². The van der Waals surface area contributed by atoms with Gasteiger partial charge in [-0.1, -0.05) is 6.08 Å². The zero-order valence-corrected chi connectivity index (χ0v) is 13.6. The fourth-order valence-electron chi connectivity index (χ4n) is 3.11. The van der Waals surface area contributed by atoms with Crippen LogP contribution >= 0.6 is 0 Å². The molecule has 1 amide bonds. The summed E-state index contributed by atoms with van der Waals surface area (Å²) in [5.41, 5.74) is -0.682. The summed E-state index contributed by atoms with van der Waals surface area (Å²) in [6.45, 7) is 5.05. The summed E-state index contributed by atoms with van der Waals surface area (Å²) in [5, 5.41) is 17.6. The minimum atomic E-state index is -0.391. The van der Waals surface area contributed by atoms with Crippen molar-refractivity contribution in [1.82, 2.24) is 4.90 Å². The molecule has 0 unspecified atom stereocenters. The van der Waals surface area contributed by atoms with Crippen LogP contribution in [0.4, 0.5) is 0 Å². The number of carbonyl (C=O) groups is 1. The van der Waals surface area contributed by atoms with Gasteiger partial charge in [0.05, 0.1) is 11.5 Å². The maximum atomic E-state index is 12.4. The molecule has 2 aliphatic heterocycles. The van der Waals surface area contributed by atoms with Crippen LogP contribution in [0.5, 0.6) is 0 Å². The van der Waals surface area contributed by atoms with E-state index >= 15 is 0 Å². The average molecular weight is 312 g/mol. The number of allylic oxidation sites excluding steroid dienone is 1. The zero-order valence-electron chi connectivity index (χ0n) is 13.6. The van der Waals surface area contributed by atoms with E-state index in [0.29, 0.717) is 32.4 Å². The van der Waals surface area contributed by atoms with Crippen LogP contribution in [0.2, 0.25) is 0 Å². The summed E-state index contributed by atoms with van der Waals surface area (Å²) >= 11 is 0. The number of likely N-dealkylation sites (tertiary alicyclic amines) is 1. The van der Waals surface area contributed by atoms with Crippen LogP contribution in [0.1, 0.15) is 51.4 Å². The normalized spacial score (nSPS) is 20.3. The first kappa shape index (κ1) is 17.2. The maximum absolute atomic E-state index is 12.4. The second kappa shape index (κ2) is 7.42. The lowest BCUT2D eigenvalue weighted by molar-refractivity contribution is -0.133. The van der Waals surface area contributed by atoms with E-state index < -0.39 is 5.66 Å². The van der Waals surface area contributed by atoms with Crippen LogP contribution in [0, 0.1) is 29.1 Å². The maximum Gasteiger partial charge on any atom is 0.222 e. The highest BCUT2D eigenvalue weighted by Gasteiger charge is 2.40. The van der Waals surface area contributed by atoms with Crippen LogP contribution < -0.4 is 0 Å². The van der Waals surface area contributed by atoms with Crippen molar-refractivity contribution in [3.63, 3.8) is 0 Å². The van der Waals surface area contributed by atoms with Gasteiger partial charge in [0.2, 0.25) is 5.91 Å². The molecule has 0 spiro atoms. The third-order valence-electron chi connectivity index (χ3n) is 4.93. The Kier molecular flexibility index (Phi) is 5.55. The van der Waals surface area contributed by atoms with Gasteiger partial charge in [-0.2, -0.15) is 15.5 Å². The summed E-state index contributed by atoms with van der Waals surface area (Å²) in [6.07, 6.45) is 12.8. The van der Waals surface area contributed by atoms with Gasteiger partial charge in [-0.3, -0.25) is 4.79 Å². The molecule has 0 atom stereocenters. The molecule has 5 heteroatoms. The molecule has 2 rings (SSSR count). The number of piperidine rings is 1. The van der Waals surface area contributed by atoms with Crippen LogP contribution in [-0.2, 0) is 4.79 Å². The molecule has 0 aromatic heterocycles. The Morgan fingerprint density at radius 2 is 2.00 bits per heavy atom. The van der Waals surface area contributed by atoms with E-state index in [4.69, 9.17) is 6.42 Å². The Hall–Kier alpha value is -2.14. The van der Waals surface area contributed by atoms with E-state index in [0.717, 1.165) is 32.1 Å². The number of hydrogen-bond donors (Lipinski definition) is 0. The van der Waals surface area contributed by atoms with Gasteiger partial charge in [0.25, 0.3) is 0 Å². The Balaban J connectivity index is 1.77. The predicted molar refractivity (Wildman–Crippen MR) is 88.2 cm³/mol. The number of amides is 1. The second-order valence-electron chi connectivity index (χ2n) is 6.49. The highest BCUT2D eigenvalue weighted by atomic mass is 16.2. The molecule has 1 saturated heterocycles. The molecule has 0 saturated carbocycles. The smallest absolute Gasteiger partial charge is 0.222 e. The molecule has 2 heterocycles. The van der Waals surface area contributed by atoms with Gasteiger partial charge in [0, 0.05) is 38.8 Å². The third kappa shape index (κ3) is 4.42. The molecule has 2 aliphatic rings. The Bertz CT molecular complexity index is 553. The quantitative estimate of drug-likeness (QED) is 0.509. The fourth-order valence-corrected chi connectivity index (χ4v) is 3.11. The Labute approximate surface area is 138 Å². The first-order valence-electron chi connectivity index (χ1n) is 8.26. The number of hydrogen-bond acceptors (Lipinski definition) is 4. The molecule has 0 aliphatic carbocycles. The molecule has 1 fully saturated rings. The van der Waals surface area contributed by atoms with Gasteiger partial charge in [0.1, 0.15) is 0 Å². The Morgan fingerprint density at radius 3 is 2.52 bits per heavy atom. The van der Waals surface area contributed by atoms with Crippen molar-refractivity contribution in [2.24, 2.45) is 15.6 Å². The molecule has 0 aromatic rings. The zero-order chi connectivity index (χ0) is 16.8. The van der Waals surface area contributed by atoms with Gasteiger partial charge in [-0.25, -0.2) is 0 Å². The lowest BCUT2D eigenvalue weighted by Crippen LogP contribution is -2.43. The van der Waals surface area contributed by atoms with E-state index in [2.05, 4.69) is 28.8 Å².